The zero-order valence-corrected chi connectivity index (χ0v) is 16.7. The molecular formula is C20H24F3N3O4. The molecular weight excluding hydrogens is 403 g/mol. The molecule has 10 heteroatoms. The number of rotatable bonds is 5. The van der Waals surface area contributed by atoms with Gasteiger partial charge in [0.1, 0.15) is 5.75 Å². The summed E-state index contributed by atoms with van der Waals surface area (Å²) >= 11 is 0. The monoisotopic (exact) mass is 427 g/mol. The zero-order valence-electron chi connectivity index (χ0n) is 16.7. The van der Waals surface area contributed by atoms with E-state index in [0.717, 1.165) is 37.9 Å². The van der Waals surface area contributed by atoms with Crippen LogP contribution in [0.15, 0.2) is 28.8 Å². The lowest BCUT2D eigenvalue weighted by Crippen LogP contribution is -2.36. The van der Waals surface area contributed by atoms with Gasteiger partial charge in [0, 0.05) is 26.8 Å². The van der Waals surface area contributed by atoms with Crippen LogP contribution in [-0.2, 0) is 10.9 Å². The summed E-state index contributed by atoms with van der Waals surface area (Å²) in [5.41, 5.74) is -0.689. The van der Waals surface area contributed by atoms with Crippen LogP contribution >= 0.6 is 0 Å². The number of nitrogens with one attached hydrogen (secondary N) is 2. The topological polar surface area (TPSA) is 85.6 Å². The largest absolute Gasteiger partial charge is 0.490 e. The lowest BCUT2D eigenvalue weighted by Gasteiger charge is -2.13. The minimum absolute atomic E-state index is 0.000966. The Kier molecular flexibility index (Phi) is 6.99. The summed E-state index contributed by atoms with van der Waals surface area (Å²) in [5.74, 6) is -0.335. The molecule has 1 aromatic carbocycles. The third kappa shape index (κ3) is 5.73. The number of hydrogen-bond donors (Lipinski definition) is 2. The van der Waals surface area contributed by atoms with Crippen LogP contribution < -0.4 is 15.4 Å². The smallest absolute Gasteiger partial charge is 0.416 e. The maximum atomic E-state index is 13.1. The van der Waals surface area contributed by atoms with Crippen LogP contribution in [0.2, 0.25) is 0 Å². The molecule has 2 N–H and O–H groups in total. The molecule has 1 saturated carbocycles. The fraction of sp³-hybridized carbons (Fsp3) is 0.500. The number of ether oxygens (including phenoxy) is 2. The van der Waals surface area contributed by atoms with Gasteiger partial charge in [-0.15, -0.1) is 0 Å². The van der Waals surface area contributed by atoms with Crippen LogP contribution in [0.1, 0.15) is 35.5 Å². The van der Waals surface area contributed by atoms with E-state index in [1.54, 1.807) is 14.2 Å². The second-order valence-corrected chi connectivity index (χ2v) is 7.13. The van der Waals surface area contributed by atoms with Gasteiger partial charge in [-0.3, -0.25) is 4.79 Å². The highest BCUT2D eigenvalue weighted by atomic mass is 19.4. The van der Waals surface area contributed by atoms with Crippen molar-refractivity contribution in [3.8, 4) is 17.1 Å². The summed E-state index contributed by atoms with van der Waals surface area (Å²) < 4.78 is 54.7. The number of halogens is 3. The molecule has 1 aromatic heterocycles. The summed E-state index contributed by atoms with van der Waals surface area (Å²) in [6.45, 7) is 1.47. The van der Waals surface area contributed by atoms with E-state index < -0.39 is 17.6 Å². The molecule has 0 spiro atoms. The van der Waals surface area contributed by atoms with Crippen LogP contribution in [0, 0.1) is 0 Å². The molecule has 1 unspecified atom stereocenters. The van der Waals surface area contributed by atoms with Crippen molar-refractivity contribution in [2.24, 2.45) is 0 Å². The lowest BCUT2D eigenvalue weighted by atomic mass is 10.1. The number of oxazole rings is 1. The van der Waals surface area contributed by atoms with Crippen molar-refractivity contribution >= 4 is 5.91 Å². The number of carbonyl (C=O) groups excluding carboxylic acids is 1. The van der Waals surface area contributed by atoms with Crippen LogP contribution in [0.3, 0.4) is 0 Å². The maximum Gasteiger partial charge on any atom is 0.416 e. The van der Waals surface area contributed by atoms with Crippen LogP contribution in [0.25, 0.3) is 11.3 Å². The summed E-state index contributed by atoms with van der Waals surface area (Å²) in [4.78, 5) is 16.2. The Morgan fingerprint density at radius 2 is 2.00 bits per heavy atom. The molecule has 1 aliphatic heterocycles. The molecule has 2 aliphatic rings. The molecule has 2 aromatic rings. The number of methoxy groups -OCH3 is 1. The molecule has 164 valence electrons. The van der Waals surface area contributed by atoms with Gasteiger partial charge in [-0.1, -0.05) is 0 Å². The molecule has 1 saturated heterocycles. The minimum atomic E-state index is -4.50. The summed E-state index contributed by atoms with van der Waals surface area (Å²) in [6, 6.07) is 3.19. The van der Waals surface area contributed by atoms with Crippen molar-refractivity contribution in [1.82, 2.24) is 15.6 Å². The summed E-state index contributed by atoms with van der Waals surface area (Å²) in [7, 11) is 3.25. The van der Waals surface area contributed by atoms with Crippen molar-refractivity contribution < 1.29 is 31.9 Å². The lowest BCUT2D eigenvalue weighted by molar-refractivity contribution is -0.137. The number of carbonyl (C=O) groups is 1. The van der Waals surface area contributed by atoms with Crippen LogP contribution in [-0.4, -0.2) is 50.3 Å². The summed E-state index contributed by atoms with van der Waals surface area (Å²) in [5, 5.41) is 5.91. The first-order valence-electron chi connectivity index (χ1n) is 9.57. The number of alkyl halides is 3. The van der Waals surface area contributed by atoms with Gasteiger partial charge >= 0.3 is 12.1 Å². The van der Waals surface area contributed by atoms with Gasteiger partial charge in [0.25, 0.3) is 5.89 Å². The number of nitrogens with zero attached hydrogens (tertiary/aromatic N) is 1. The second-order valence-electron chi connectivity index (χ2n) is 7.13. The Morgan fingerprint density at radius 3 is 2.60 bits per heavy atom. The van der Waals surface area contributed by atoms with Gasteiger partial charge in [0.15, 0.2) is 5.76 Å². The van der Waals surface area contributed by atoms with Crippen molar-refractivity contribution in [3.63, 3.8) is 0 Å². The first-order valence-corrected chi connectivity index (χ1v) is 9.57. The second kappa shape index (κ2) is 9.48. The normalized spacial score (nSPS) is 18.5. The van der Waals surface area contributed by atoms with E-state index in [1.807, 2.05) is 0 Å². The highest BCUT2D eigenvalue weighted by Crippen LogP contribution is 2.39. The average Bonchev–Trinajstić information content (AvgIpc) is 3.16. The van der Waals surface area contributed by atoms with E-state index in [4.69, 9.17) is 9.15 Å². The molecule has 2 heterocycles. The molecule has 0 radical (unpaired) electrons. The minimum Gasteiger partial charge on any atom is -0.490 e. The molecule has 4 rings (SSSR count). The Bertz CT molecular complexity index is 859. The van der Waals surface area contributed by atoms with Crippen molar-refractivity contribution in [1.29, 1.82) is 0 Å². The van der Waals surface area contributed by atoms with Gasteiger partial charge in [-0.25, -0.2) is 4.98 Å². The molecule has 30 heavy (non-hydrogen) atoms. The quantitative estimate of drug-likeness (QED) is 0.762. The number of hydrogen-bond acceptors (Lipinski definition) is 6. The highest BCUT2D eigenvalue weighted by molar-refractivity contribution is 5.90. The first kappa shape index (κ1) is 22.1. The van der Waals surface area contributed by atoms with Gasteiger partial charge in [0.2, 0.25) is 0 Å². The third-order valence-corrected chi connectivity index (χ3v) is 4.49. The number of amides is 1. The standard InChI is InChI=1S/C18H18F3N3O3.C2H6O/c19-18(20,21)10-1-4-14(26-12-2-3-12)13(7-10)15-9-23-17(27-15)16(25)24-11-5-6-22-8-11;1-3-2/h1,4,7,9,11-12,22H,2-3,5-6,8H2,(H,24,25);1-2H3. The molecule has 1 aliphatic carbocycles. The molecule has 7 nitrogen and oxygen atoms in total. The van der Waals surface area contributed by atoms with Crippen LogP contribution in [0.5, 0.6) is 5.75 Å². The predicted molar refractivity (Wildman–Crippen MR) is 102 cm³/mol. The predicted octanol–water partition coefficient (Wildman–Crippen LogP) is 3.26. The van der Waals surface area contributed by atoms with Crippen molar-refractivity contribution in [3.05, 3.63) is 35.9 Å². The third-order valence-electron chi connectivity index (χ3n) is 4.49. The van der Waals surface area contributed by atoms with Crippen LogP contribution in [0.4, 0.5) is 13.2 Å². The SMILES string of the molecule is COC.O=C(NC1CCNC1)c1ncc(-c2cc(C(F)(F)F)ccc2OC2CC2)o1. The van der Waals surface area contributed by atoms with Gasteiger partial charge in [0.05, 0.1) is 23.4 Å². The van der Waals surface area contributed by atoms with Gasteiger partial charge in [-0.05, 0) is 44.0 Å². The Morgan fingerprint density at radius 1 is 1.27 bits per heavy atom. The first-order chi connectivity index (χ1) is 14.3. The van der Waals surface area contributed by atoms with E-state index in [-0.39, 0.29) is 35.1 Å². The Hall–Kier alpha value is -2.59. The Balaban J connectivity index is 0.000000806. The Labute approximate surface area is 171 Å². The van der Waals surface area contributed by atoms with Crippen molar-refractivity contribution in [2.75, 3.05) is 27.3 Å². The molecule has 0 bridgehead atoms. The fourth-order valence-corrected chi connectivity index (χ4v) is 2.90. The molecule has 2 fully saturated rings. The van der Waals surface area contributed by atoms with Gasteiger partial charge < -0.3 is 24.5 Å². The maximum absolute atomic E-state index is 13.1. The zero-order chi connectivity index (χ0) is 21.7. The van der Waals surface area contributed by atoms with E-state index in [0.29, 0.717) is 6.54 Å². The fourth-order valence-electron chi connectivity index (χ4n) is 2.90. The van der Waals surface area contributed by atoms with Gasteiger partial charge in [-0.2, -0.15) is 13.2 Å². The van der Waals surface area contributed by atoms with Crippen molar-refractivity contribution in [2.45, 2.75) is 37.6 Å². The van der Waals surface area contributed by atoms with E-state index in [9.17, 15) is 18.0 Å². The number of benzene rings is 1. The molecule has 1 amide bonds. The highest BCUT2D eigenvalue weighted by Gasteiger charge is 2.33. The van der Waals surface area contributed by atoms with E-state index >= 15 is 0 Å². The van der Waals surface area contributed by atoms with E-state index in [2.05, 4.69) is 20.4 Å². The molecule has 1 atom stereocenters. The van der Waals surface area contributed by atoms with E-state index in [1.165, 1.54) is 12.3 Å². The number of aromatic nitrogens is 1. The average molecular weight is 427 g/mol. The summed E-state index contributed by atoms with van der Waals surface area (Å²) in [6.07, 6.45) is -0.729.